The van der Waals surface area contributed by atoms with Gasteiger partial charge in [0.25, 0.3) is 0 Å². The summed E-state index contributed by atoms with van der Waals surface area (Å²) in [6, 6.07) is 0. The molecule has 6 N–H and O–H groups in total. The third-order valence-electron chi connectivity index (χ3n) is 0. The Hall–Kier alpha value is 0.0700. The molecule has 0 rings (SSSR count). The van der Waals surface area contributed by atoms with Gasteiger partial charge < -0.3 is 20.8 Å². The molecule has 5 nitrogen and oxygen atoms in total. The van der Waals surface area contributed by atoms with E-state index >= 15 is 0 Å². The molecule has 0 saturated carbocycles. The molecule has 0 spiro atoms. The largest absolute Gasteiger partial charge is 0.466 e. The third-order valence-corrected chi connectivity index (χ3v) is 0. The first-order valence-electron chi connectivity index (χ1n) is 0.783. The average Bonchev–Trinajstić information content (AvgIpc) is 0.722. The van der Waals surface area contributed by atoms with Crippen molar-refractivity contribution in [3.63, 3.8) is 0 Å². The Bertz CT molecular complexity index is 57.8. The van der Waals surface area contributed by atoms with Gasteiger partial charge in [-0.15, -0.1) is 0 Å². The molecule has 0 aliphatic carbocycles. The summed E-state index contributed by atoms with van der Waals surface area (Å²) < 4.78 is 8.88. The average molecular weight is 131 g/mol. The molecule has 0 aliphatic heterocycles. The fourth-order valence-corrected chi connectivity index (χ4v) is 0. The van der Waals surface area contributed by atoms with Gasteiger partial charge in [0, 0.05) is 0 Å². The highest BCUT2D eigenvalue weighted by Gasteiger charge is 2.00. The van der Waals surface area contributed by atoms with E-state index in [1.807, 2.05) is 0 Å². The summed E-state index contributed by atoms with van der Waals surface area (Å²) in [4.78, 5) is 21.6. The van der Waals surface area contributed by atoms with E-state index in [9.17, 15) is 0 Å². The van der Waals surface area contributed by atoms with Crippen LogP contribution in [0, 0.1) is 0 Å². The van der Waals surface area contributed by atoms with Gasteiger partial charge in [-0.05, 0) is 0 Å². The van der Waals surface area contributed by atoms with Crippen LogP contribution in [-0.4, -0.2) is 14.7 Å². The predicted molar refractivity (Wildman–Crippen MR) is 26.0 cm³/mol. The van der Waals surface area contributed by atoms with E-state index < -0.39 is 7.82 Å². The molecule has 0 aromatic carbocycles. The van der Waals surface area contributed by atoms with Gasteiger partial charge in [-0.2, -0.15) is 0 Å². The first kappa shape index (κ1) is 15.7. The third kappa shape index (κ3) is 20500. The molecule has 0 saturated heterocycles. The quantitative estimate of drug-likeness (QED) is 0.342. The first-order chi connectivity index (χ1) is 2.00. The molecule has 0 aromatic rings. The summed E-state index contributed by atoms with van der Waals surface area (Å²) in [7, 11) is -4.64. The lowest BCUT2D eigenvalue weighted by Crippen LogP contribution is -1.66. The van der Waals surface area contributed by atoms with Crippen LogP contribution in [0.15, 0.2) is 0 Å². The second-order valence-corrected chi connectivity index (χ2v) is 1.54. The van der Waals surface area contributed by atoms with Crippen LogP contribution in [0.25, 0.3) is 0 Å². The molecular formula is CH10NO4P. The Labute approximate surface area is 41.8 Å². The number of hydrogen-bond donors (Lipinski definition) is 4. The van der Waals surface area contributed by atoms with Gasteiger partial charge in [0.15, 0.2) is 0 Å². The molecule has 0 atom stereocenters. The van der Waals surface area contributed by atoms with Gasteiger partial charge >= 0.3 is 7.82 Å². The molecule has 0 bridgehead atoms. The molecule has 0 aliphatic rings. The molecule has 0 amide bonds. The van der Waals surface area contributed by atoms with E-state index in [4.69, 9.17) is 19.2 Å². The van der Waals surface area contributed by atoms with Crippen LogP contribution in [0.2, 0.25) is 0 Å². The van der Waals surface area contributed by atoms with Crippen molar-refractivity contribution in [2.24, 2.45) is 0 Å². The molecule has 0 radical (unpaired) electrons. The van der Waals surface area contributed by atoms with E-state index in [0.29, 0.717) is 0 Å². The van der Waals surface area contributed by atoms with E-state index in [-0.39, 0.29) is 13.6 Å². The van der Waals surface area contributed by atoms with Gasteiger partial charge in [0.1, 0.15) is 0 Å². The van der Waals surface area contributed by atoms with Crippen LogP contribution in [0.3, 0.4) is 0 Å². The van der Waals surface area contributed by atoms with Crippen molar-refractivity contribution < 1.29 is 19.2 Å². The van der Waals surface area contributed by atoms with Crippen molar-refractivity contribution in [2.45, 2.75) is 7.43 Å². The smallest absolute Gasteiger partial charge is 0.344 e. The Morgan fingerprint density at radius 2 is 1.14 bits per heavy atom. The lowest BCUT2D eigenvalue weighted by Gasteiger charge is -1.82. The monoisotopic (exact) mass is 131 g/mol. The maximum absolute atomic E-state index is 8.88. The zero-order valence-corrected chi connectivity index (χ0v) is 3.80. The molecule has 0 fully saturated rings. The van der Waals surface area contributed by atoms with Gasteiger partial charge in [-0.1, -0.05) is 7.43 Å². The molecular weight excluding hydrogens is 121 g/mol. The van der Waals surface area contributed by atoms with Crippen LogP contribution in [0.5, 0.6) is 0 Å². The lowest BCUT2D eigenvalue weighted by atomic mass is 12.0. The van der Waals surface area contributed by atoms with Crippen molar-refractivity contribution in [1.82, 2.24) is 6.15 Å². The van der Waals surface area contributed by atoms with E-state index in [1.54, 1.807) is 0 Å². The number of rotatable bonds is 0. The highest BCUT2D eigenvalue weighted by molar-refractivity contribution is 7.45. The van der Waals surface area contributed by atoms with E-state index in [2.05, 4.69) is 0 Å². The van der Waals surface area contributed by atoms with Gasteiger partial charge in [-0.3, -0.25) is 0 Å². The van der Waals surface area contributed by atoms with Gasteiger partial charge in [0.2, 0.25) is 0 Å². The van der Waals surface area contributed by atoms with E-state index in [1.165, 1.54) is 0 Å². The minimum atomic E-state index is -4.64. The SMILES string of the molecule is C.N.O=P(O)(O)O. The van der Waals surface area contributed by atoms with Crippen LogP contribution in [-0.2, 0) is 4.57 Å². The topological polar surface area (TPSA) is 113 Å². The molecule has 6 heteroatoms. The number of phosphoric acid groups is 1. The summed E-state index contributed by atoms with van der Waals surface area (Å²) in [6.45, 7) is 0. The zero-order valence-electron chi connectivity index (χ0n) is 2.90. The second-order valence-electron chi connectivity index (χ2n) is 0.513. The maximum atomic E-state index is 8.88. The van der Waals surface area contributed by atoms with Crippen LogP contribution < -0.4 is 6.15 Å². The Kier molecular flexibility index (Phi) is 9.51. The van der Waals surface area contributed by atoms with Crippen molar-refractivity contribution in [3.8, 4) is 0 Å². The minimum Gasteiger partial charge on any atom is -0.344 e. The highest BCUT2D eigenvalue weighted by Crippen LogP contribution is 2.25. The summed E-state index contributed by atoms with van der Waals surface area (Å²) >= 11 is 0. The first-order valence-corrected chi connectivity index (χ1v) is 2.35. The molecule has 0 unspecified atom stereocenters. The van der Waals surface area contributed by atoms with Gasteiger partial charge in [-0.25, -0.2) is 4.57 Å². The fourth-order valence-electron chi connectivity index (χ4n) is 0. The normalized spacial score (nSPS) is 8.43. The lowest BCUT2D eigenvalue weighted by molar-refractivity contribution is 0.275. The molecule has 7 heavy (non-hydrogen) atoms. The summed E-state index contributed by atoms with van der Waals surface area (Å²) in [5, 5.41) is 0. The maximum Gasteiger partial charge on any atom is 0.466 e. The van der Waals surface area contributed by atoms with Crippen LogP contribution in [0.1, 0.15) is 7.43 Å². The zero-order chi connectivity index (χ0) is 4.50. The molecule has 0 aromatic heterocycles. The minimum absolute atomic E-state index is 0. The second kappa shape index (κ2) is 4.23. The Balaban J connectivity index is -0.0000000800. The van der Waals surface area contributed by atoms with Crippen molar-refractivity contribution >= 4 is 7.82 Å². The standard InChI is InChI=1S/CH4.H3N.H3O4P/c;;1-5(2,3)4/h1H4;1H3;(H3,1,2,3,4). The van der Waals surface area contributed by atoms with Crippen LogP contribution >= 0.6 is 7.82 Å². The fraction of sp³-hybridized carbons (Fsp3) is 1.00. The molecule has 48 valence electrons. The van der Waals surface area contributed by atoms with Gasteiger partial charge in [0.05, 0.1) is 0 Å². The Morgan fingerprint density at radius 3 is 1.14 bits per heavy atom. The van der Waals surface area contributed by atoms with Crippen molar-refractivity contribution in [1.29, 1.82) is 0 Å². The summed E-state index contributed by atoms with van der Waals surface area (Å²) in [6.07, 6.45) is 0. The Morgan fingerprint density at radius 1 is 1.14 bits per heavy atom. The summed E-state index contributed by atoms with van der Waals surface area (Å²) in [5.41, 5.74) is 0. The highest BCUT2D eigenvalue weighted by atomic mass is 31.2. The summed E-state index contributed by atoms with van der Waals surface area (Å²) in [5.74, 6) is 0. The molecule has 0 heterocycles. The van der Waals surface area contributed by atoms with E-state index in [0.717, 1.165) is 0 Å². The van der Waals surface area contributed by atoms with Crippen LogP contribution in [0.4, 0.5) is 0 Å². The van der Waals surface area contributed by atoms with Crippen molar-refractivity contribution in [2.75, 3.05) is 0 Å². The van der Waals surface area contributed by atoms with Crippen molar-refractivity contribution in [3.05, 3.63) is 0 Å². The predicted octanol–water partition coefficient (Wildman–Crippen LogP) is -0.131. The number of hydrogen-bond acceptors (Lipinski definition) is 2.